The van der Waals surface area contributed by atoms with Gasteiger partial charge in [0.25, 0.3) is 0 Å². The van der Waals surface area contributed by atoms with Crippen molar-refractivity contribution in [1.29, 1.82) is 0 Å². The minimum atomic E-state index is -0.577. The van der Waals surface area contributed by atoms with E-state index in [1.54, 1.807) is 24.3 Å². The molecule has 2 aromatic carbocycles. The highest BCUT2D eigenvalue weighted by molar-refractivity contribution is 5.89. The van der Waals surface area contributed by atoms with Gasteiger partial charge in [-0.1, -0.05) is 55.5 Å². The number of carbonyl (C=O) groups excluding carboxylic acids is 3. The highest BCUT2D eigenvalue weighted by Crippen LogP contribution is 2.25. The van der Waals surface area contributed by atoms with E-state index in [1.807, 2.05) is 62.2 Å². The molecule has 0 radical (unpaired) electrons. The second kappa shape index (κ2) is 12.9. The maximum Gasteiger partial charge on any atom is 0.408 e. The van der Waals surface area contributed by atoms with Crippen LogP contribution >= 0.6 is 0 Å². The molecule has 2 amide bonds. The Labute approximate surface area is 212 Å². The molecule has 1 fully saturated rings. The van der Waals surface area contributed by atoms with Gasteiger partial charge in [0, 0.05) is 26.2 Å². The largest absolute Gasteiger partial charge is 0.465 e. The summed E-state index contributed by atoms with van der Waals surface area (Å²) in [6.07, 6.45) is 1.31. The number of rotatable bonds is 8. The summed E-state index contributed by atoms with van der Waals surface area (Å²) < 4.78 is 10.2. The van der Waals surface area contributed by atoms with E-state index in [0.29, 0.717) is 18.7 Å². The van der Waals surface area contributed by atoms with E-state index in [2.05, 4.69) is 10.2 Å². The number of ether oxygens (including phenoxy) is 2. The maximum absolute atomic E-state index is 13.0. The summed E-state index contributed by atoms with van der Waals surface area (Å²) in [6, 6.07) is 15.7. The van der Waals surface area contributed by atoms with E-state index in [1.165, 1.54) is 7.11 Å². The lowest BCUT2D eigenvalue weighted by molar-refractivity contribution is -0.135. The molecule has 8 heteroatoms. The van der Waals surface area contributed by atoms with Crippen molar-refractivity contribution in [1.82, 2.24) is 15.1 Å². The highest BCUT2D eigenvalue weighted by Gasteiger charge is 2.25. The van der Waals surface area contributed by atoms with Crippen LogP contribution in [-0.4, -0.2) is 68.1 Å². The normalized spacial score (nSPS) is 16.1. The molecule has 1 aliphatic rings. The topological polar surface area (TPSA) is 88.2 Å². The average Bonchev–Trinajstić information content (AvgIpc) is 2.90. The SMILES string of the molecule is COC(=O)c1ccc(C(NC(=O)OCc2ccccc2)/C(C)=C/[C@@H](C)C(=O)N2CCN(C)CC2)cc1. The third-order valence-electron chi connectivity index (χ3n) is 6.31. The Hall–Kier alpha value is -3.65. The lowest BCUT2D eigenvalue weighted by Crippen LogP contribution is -2.48. The molecule has 1 aliphatic heterocycles. The Kier molecular flexibility index (Phi) is 9.64. The summed E-state index contributed by atoms with van der Waals surface area (Å²) in [4.78, 5) is 41.7. The van der Waals surface area contributed by atoms with Crippen LogP contribution in [0.15, 0.2) is 66.2 Å². The van der Waals surface area contributed by atoms with Crippen molar-refractivity contribution in [3.05, 3.63) is 82.9 Å². The average molecular weight is 494 g/mol. The summed E-state index contributed by atoms with van der Waals surface area (Å²) in [6.45, 7) is 7.00. The van der Waals surface area contributed by atoms with E-state index in [9.17, 15) is 14.4 Å². The maximum atomic E-state index is 13.0. The van der Waals surface area contributed by atoms with Crippen LogP contribution in [0.2, 0.25) is 0 Å². The van der Waals surface area contributed by atoms with Gasteiger partial charge in [0.2, 0.25) is 5.91 Å². The Morgan fingerprint density at radius 2 is 1.64 bits per heavy atom. The van der Waals surface area contributed by atoms with Crippen LogP contribution in [0.25, 0.3) is 0 Å². The van der Waals surface area contributed by atoms with Crippen LogP contribution in [0.1, 0.15) is 41.4 Å². The number of nitrogens with one attached hydrogen (secondary N) is 1. The van der Waals surface area contributed by atoms with Crippen LogP contribution < -0.4 is 5.32 Å². The second-order valence-electron chi connectivity index (χ2n) is 9.08. The second-order valence-corrected chi connectivity index (χ2v) is 9.08. The third kappa shape index (κ3) is 7.42. The Morgan fingerprint density at radius 1 is 1.00 bits per heavy atom. The van der Waals surface area contributed by atoms with E-state index in [-0.39, 0.29) is 18.4 Å². The molecule has 8 nitrogen and oxygen atoms in total. The minimum absolute atomic E-state index is 0.0638. The molecule has 1 saturated heterocycles. The molecular weight excluding hydrogens is 458 g/mol. The molecule has 0 bridgehead atoms. The fourth-order valence-corrected chi connectivity index (χ4v) is 4.15. The molecule has 36 heavy (non-hydrogen) atoms. The quantitative estimate of drug-likeness (QED) is 0.445. The number of methoxy groups -OCH3 is 1. The van der Waals surface area contributed by atoms with Gasteiger partial charge < -0.3 is 24.6 Å². The van der Waals surface area contributed by atoms with Crippen LogP contribution in [-0.2, 0) is 20.9 Å². The van der Waals surface area contributed by atoms with Crippen LogP contribution in [0.5, 0.6) is 0 Å². The third-order valence-corrected chi connectivity index (χ3v) is 6.31. The van der Waals surface area contributed by atoms with E-state index < -0.39 is 18.1 Å². The van der Waals surface area contributed by atoms with Crippen molar-refractivity contribution < 1.29 is 23.9 Å². The minimum Gasteiger partial charge on any atom is -0.465 e. The van der Waals surface area contributed by atoms with Crippen LogP contribution in [0.4, 0.5) is 4.79 Å². The van der Waals surface area contributed by atoms with Crippen molar-refractivity contribution in [3.63, 3.8) is 0 Å². The van der Waals surface area contributed by atoms with Gasteiger partial charge in [0.1, 0.15) is 6.61 Å². The first-order chi connectivity index (χ1) is 17.3. The summed E-state index contributed by atoms with van der Waals surface area (Å²) in [7, 11) is 3.38. The number of nitrogens with zero attached hydrogens (tertiary/aromatic N) is 2. The number of piperazine rings is 1. The highest BCUT2D eigenvalue weighted by atomic mass is 16.5. The molecule has 3 rings (SSSR count). The zero-order chi connectivity index (χ0) is 26.1. The number of hydrogen-bond donors (Lipinski definition) is 1. The number of esters is 1. The standard InChI is InChI=1S/C28H35N3O5/c1-20(18-21(2)26(32)31-16-14-30(3)15-17-31)25(23-10-12-24(13-11-23)27(33)35-4)29-28(34)36-19-22-8-6-5-7-9-22/h5-13,18,21,25H,14-17,19H2,1-4H3,(H,29,34)/b20-18+/t21-,25?/m1/s1. The number of benzene rings is 2. The van der Waals surface area contributed by atoms with Crippen LogP contribution in [0, 0.1) is 5.92 Å². The van der Waals surface area contributed by atoms with Gasteiger partial charge in [-0.3, -0.25) is 4.79 Å². The molecule has 0 aromatic heterocycles. The molecule has 0 spiro atoms. The van der Waals surface area contributed by atoms with Gasteiger partial charge >= 0.3 is 12.1 Å². The number of alkyl carbamates (subject to hydrolysis) is 1. The zero-order valence-corrected chi connectivity index (χ0v) is 21.4. The molecule has 2 atom stereocenters. The summed E-state index contributed by atoms with van der Waals surface area (Å²) in [5.74, 6) is -0.728. The first-order valence-corrected chi connectivity index (χ1v) is 12.1. The zero-order valence-electron chi connectivity index (χ0n) is 21.4. The molecule has 1 N–H and O–H groups in total. The number of hydrogen-bond acceptors (Lipinski definition) is 6. The van der Waals surface area contributed by atoms with Crippen molar-refractivity contribution >= 4 is 18.0 Å². The van der Waals surface area contributed by atoms with E-state index >= 15 is 0 Å². The van der Waals surface area contributed by atoms with E-state index in [4.69, 9.17) is 9.47 Å². The van der Waals surface area contributed by atoms with Crippen LogP contribution in [0.3, 0.4) is 0 Å². The van der Waals surface area contributed by atoms with Gasteiger partial charge in [-0.05, 0) is 42.8 Å². The van der Waals surface area contributed by atoms with Gasteiger partial charge in [0.05, 0.1) is 24.6 Å². The monoisotopic (exact) mass is 493 g/mol. The Bertz CT molecular complexity index is 1060. The number of carbonyl (C=O) groups is 3. The predicted octanol–water partition coefficient (Wildman–Crippen LogP) is 3.80. The van der Waals surface area contributed by atoms with Crippen molar-refractivity contribution in [2.24, 2.45) is 5.92 Å². The fourth-order valence-electron chi connectivity index (χ4n) is 4.15. The lowest BCUT2D eigenvalue weighted by atomic mass is 9.95. The predicted molar refractivity (Wildman–Crippen MR) is 137 cm³/mol. The Morgan fingerprint density at radius 3 is 2.25 bits per heavy atom. The smallest absolute Gasteiger partial charge is 0.408 e. The van der Waals surface area contributed by atoms with Crippen molar-refractivity contribution in [2.45, 2.75) is 26.5 Å². The molecular formula is C28H35N3O5. The molecule has 1 heterocycles. The summed E-state index contributed by atoms with van der Waals surface area (Å²) >= 11 is 0. The van der Waals surface area contributed by atoms with Gasteiger partial charge in [-0.25, -0.2) is 9.59 Å². The van der Waals surface area contributed by atoms with E-state index in [0.717, 1.165) is 29.8 Å². The van der Waals surface area contributed by atoms with Gasteiger partial charge in [-0.15, -0.1) is 0 Å². The lowest BCUT2D eigenvalue weighted by Gasteiger charge is -2.33. The summed E-state index contributed by atoms with van der Waals surface area (Å²) in [5, 5.41) is 2.92. The number of likely N-dealkylation sites (N-methyl/N-ethyl adjacent to an activating group) is 1. The first-order valence-electron chi connectivity index (χ1n) is 12.1. The first kappa shape index (κ1) is 26.9. The van der Waals surface area contributed by atoms with Crippen molar-refractivity contribution in [3.8, 4) is 0 Å². The summed E-state index contributed by atoms with van der Waals surface area (Å²) in [5.41, 5.74) is 2.84. The van der Waals surface area contributed by atoms with Gasteiger partial charge in [0.15, 0.2) is 0 Å². The molecule has 2 aromatic rings. The van der Waals surface area contributed by atoms with Crippen molar-refractivity contribution in [2.75, 3.05) is 40.3 Å². The Balaban J connectivity index is 1.77. The number of amides is 2. The molecule has 0 saturated carbocycles. The fraction of sp³-hybridized carbons (Fsp3) is 0.393. The molecule has 192 valence electrons. The van der Waals surface area contributed by atoms with Gasteiger partial charge in [-0.2, -0.15) is 0 Å². The molecule has 1 unspecified atom stereocenters. The molecule has 0 aliphatic carbocycles.